The van der Waals surface area contributed by atoms with Crippen LogP contribution in [-0.2, 0) is 16.3 Å². The lowest BCUT2D eigenvalue weighted by molar-refractivity contribution is -0.182. The Morgan fingerprint density at radius 2 is 2.12 bits per heavy atom. The fourth-order valence-corrected chi connectivity index (χ4v) is 2.52. The Labute approximate surface area is 153 Å². The van der Waals surface area contributed by atoms with Gasteiger partial charge in [-0.1, -0.05) is 18.5 Å². The number of carbonyl (C=O) groups excluding carboxylic acids is 1. The largest absolute Gasteiger partial charge is 0.411 e. The molecule has 0 aliphatic rings. The maximum Gasteiger partial charge on any atom is 0.411 e. The number of alkyl halides is 3. The van der Waals surface area contributed by atoms with Crippen molar-refractivity contribution in [3.8, 4) is 0 Å². The number of nitrogens with one attached hydrogen (secondary N) is 1. The van der Waals surface area contributed by atoms with Crippen LogP contribution in [0.1, 0.15) is 30.8 Å². The molecule has 0 saturated carbocycles. The summed E-state index contributed by atoms with van der Waals surface area (Å²) in [6, 6.07) is -0.578. The van der Waals surface area contributed by atoms with Crippen molar-refractivity contribution in [2.45, 2.75) is 46.1 Å². The van der Waals surface area contributed by atoms with Gasteiger partial charge < -0.3 is 10.1 Å². The number of halogens is 4. The van der Waals surface area contributed by atoms with Gasteiger partial charge in [0.25, 0.3) is 0 Å². The van der Waals surface area contributed by atoms with Gasteiger partial charge in [-0.05, 0) is 20.3 Å². The zero-order chi connectivity index (χ0) is 19.5. The average Bonchev–Trinajstić information content (AvgIpc) is 3.08. The lowest BCUT2D eigenvalue weighted by Gasteiger charge is -2.16. The quantitative estimate of drug-likeness (QED) is 0.781. The van der Waals surface area contributed by atoms with Crippen LogP contribution < -0.4 is 5.32 Å². The number of amides is 1. The molecule has 0 spiro atoms. The Bertz CT molecular complexity index is 772. The molecule has 1 unspecified atom stereocenters. The molecule has 1 amide bonds. The molecular formula is C15H19ClF3N5O2. The highest BCUT2D eigenvalue weighted by Crippen LogP contribution is 2.24. The second kappa shape index (κ2) is 8.09. The van der Waals surface area contributed by atoms with E-state index in [4.69, 9.17) is 11.6 Å². The van der Waals surface area contributed by atoms with Crippen LogP contribution in [0.15, 0.2) is 12.4 Å². The maximum absolute atomic E-state index is 12.5. The molecule has 0 aliphatic heterocycles. The van der Waals surface area contributed by atoms with E-state index in [0.717, 1.165) is 4.68 Å². The first kappa shape index (κ1) is 20.2. The Morgan fingerprint density at radius 3 is 2.65 bits per heavy atom. The molecule has 2 heterocycles. The molecule has 0 bridgehead atoms. The second-order valence-corrected chi connectivity index (χ2v) is 6.08. The average molecular weight is 394 g/mol. The van der Waals surface area contributed by atoms with Crippen LogP contribution in [0.3, 0.4) is 0 Å². The Hall–Kier alpha value is -2.07. The molecule has 0 radical (unpaired) electrons. The van der Waals surface area contributed by atoms with E-state index >= 15 is 0 Å². The molecule has 2 aromatic heterocycles. The molecule has 0 saturated heterocycles. The molecule has 0 aromatic carbocycles. The summed E-state index contributed by atoms with van der Waals surface area (Å²) in [5, 5.41) is 11.3. The highest BCUT2D eigenvalue weighted by atomic mass is 35.5. The number of ether oxygens (including phenoxy) is 1. The van der Waals surface area contributed by atoms with E-state index in [1.54, 1.807) is 18.5 Å². The van der Waals surface area contributed by atoms with Crippen LogP contribution in [0.4, 0.5) is 18.9 Å². The summed E-state index contributed by atoms with van der Waals surface area (Å²) in [5.41, 5.74) is 1.66. The summed E-state index contributed by atoms with van der Waals surface area (Å²) in [7, 11) is 0. The molecule has 2 rings (SSSR count). The van der Waals surface area contributed by atoms with Gasteiger partial charge in [-0.3, -0.25) is 9.48 Å². The van der Waals surface area contributed by atoms with Crippen LogP contribution in [0, 0.1) is 13.8 Å². The van der Waals surface area contributed by atoms with Crippen molar-refractivity contribution in [2.75, 3.05) is 11.9 Å². The van der Waals surface area contributed by atoms with Crippen LogP contribution in [-0.4, -0.2) is 38.3 Å². The first-order valence-electron chi connectivity index (χ1n) is 7.81. The van der Waals surface area contributed by atoms with E-state index in [1.807, 2.05) is 6.92 Å². The van der Waals surface area contributed by atoms with Gasteiger partial charge in [-0.15, -0.1) is 0 Å². The summed E-state index contributed by atoms with van der Waals surface area (Å²) in [4.78, 5) is 12.5. The molecule has 144 valence electrons. The van der Waals surface area contributed by atoms with E-state index < -0.39 is 18.8 Å². The van der Waals surface area contributed by atoms with Gasteiger partial charge in [-0.2, -0.15) is 23.4 Å². The number of rotatable bonds is 7. The first-order valence-corrected chi connectivity index (χ1v) is 8.19. The van der Waals surface area contributed by atoms with E-state index in [2.05, 4.69) is 20.3 Å². The standard InChI is InChI=1S/C15H19ClF3N5O2/c1-4-12(24-10(3)13(16)9(2)22-24)14(25)21-11-5-20-23(6-11)8-26-7-15(17,18)19/h5-6,12H,4,7-8H2,1-3H3,(H,21,25). The van der Waals surface area contributed by atoms with Gasteiger partial charge in [0.05, 0.1) is 34.5 Å². The van der Waals surface area contributed by atoms with Crippen LogP contribution in [0.2, 0.25) is 5.02 Å². The van der Waals surface area contributed by atoms with Crippen molar-refractivity contribution in [1.29, 1.82) is 0 Å². The normalized spacial score (nSPS) is 13.0. The zero-order valence-electron chi connectivity index (χ0n) is 14.5. The van der Waals surface area contributed by atoms with Gasteiger partial charge in [-0.25, -0.2) is 4.68 Å². The minimum Gasteiger partial charge on any atom is -0.350 e. The van der Waals surface area contributed by atoms with Crippen molar-refractivity contribution in [3.05, 3.63) is 28.8 Å². The fourth-order valence-electron chi connectivity index (χ4n) is 2.39. The number of carbonyl (C=O) groups is 1. The topological polar surface area (TPSA) is 74.0 Å². The highest BCUT2D eigenvalue weighted by Gasteiger charge is 2.27. The lowest BCUT2D eigenvalue weighted by Crippen LogP contribution is -2.27. The summed E-state index contributed by atoms with van der Waals surface area (Å²) >= 11 is 6.13. The van der Waals surface area contributed by atoms with Gasteiger partial charge in [0, 0.05) is 0 Å². The number of hydrogen-bond donors (Lipinski definition) is 1. The molecule has 26 heavy (non-hydrogen) atoms. The van der Waals surface area contributed by atoms with Crippen molar-refractivity contribution < 1.29 is 22.7 Å². The van der Waals surface area contributed by atoms with E-state index in [1.165, 1.54) is 12.4 Å². The third-order valence-electron chi connectivity index (χ3n) is 3.61. The summed E-state index contributed by atoms with van der Waals surface area (Å²) < 4.78 is 43.4. The van der Waals surface area contributed by atoms with Gasteiger partial charge >= 0.3 is 6.18 Å². The van der Waals surface area contributed by atoms with Gasteiger partial charge in [0.2, 0.25) is 5.91 Å². The van der Waals surface area contributed by atoms with E-state index in [9.17, 15) is 18.0 Å². The number of nitrogens with zero attached hydrogens (tertiary/aromatic N) is 4. The predicted octanol–water partition coefficient (Wildman–Crippen LogP) is 3.48. The van der Waals surface area contributed by atoms with Crippen molar-refractivity contribution in [3.63, 3.8) is 0 Å². The molecule has 0 fully saturated rings. The van der Waals surface area contributed by atoms with Gasteiger partial charge in [0.1, 0.15) is 19.4 Å². The van der Waals surface area contributed by atoms with Crippen LogP contribution >= 0.6 is 11.6 Å². The summed E-state index contributed by atoms with van der Waals surface area (Å²) in [6.45, 7) is 3.61. The van der Waals surface area contributed by atoms with Crippen molar-refractivity contribution >= 4 is 23.2 Å². The second-order valence-electron chi connectivity index (χ2n) is 5.70. The van der Waals surface area contributed by atoms with Crippen molar-refractivity contribution in [2.24, 2.45) is 0 Å². The molecule has 7 nitrogen and oxygen atoms in total. The maximum atomic E-state index is 12.5. The molecular weight excluding hydrogens is 375 g/mol. The minimum atomic E-state index is -4.40. The van der Waals surface area contributed by atoms with Crippen molar-refractivity contribution in [1.82, 2.24) is 19.6 Å². The summed E-state index contributed by atoms with van der Waals surface area (Å²) in [5.74, 6) is -0.328. The minimum absolute atomic E-state index is 0.328. The third kappa shape index (κ3) is 4.98. The Morgan fingerprint density at radius 1 is 1.42 bits per heavy atom. The first-order chi connectivity index (χ1) is 12.1. The molecule has 2 aromatic rings. The zero-order valence-corrected chi connectivity index (χ0v) is 15.2. The molecule has 1 atom stereocenters. The number of hydrogen-bond acceptors (Lipinski definition) is 4. The summed E-state index contributed by atoms with van der Waals surface area (Å²) in [6.07, 6.45) is -1.21. The Balaban J connectivity index is 2.01. The van der Waals surface area contributed by atoms with E-state index in [0.29, 0.717) is 28.5 Å². The predicted molar refractivity (Wildman–Crippen MR) is 88.9 cm³/mol. The van der Waals surface area contributed by atoms with Gasteiger partial charge in [0.15, 0.2) is 0 Å². The third-order valence-corrected chi connectivity index (χ3v) is 4.16. The molecule has 0 aliphatic carbocycles. The SMILES string of the molecule is CCC(C(=O)Nc1cnn(COCC(F)(F)F)c1)n1nc(C)c(Cl)c1C. The highest BCUT2D eigenvalue weighted by molar-refractivity contribution is 6.31. The monoisotopic (exact) mass is 393 g/mol. The number of anilines is 1. The number of aryl methyl sites for hydroxylation is 1. The number of aromatic nitrogens is 4. The Kier molecular flexibility index (Phi) is 6.30. The fraction of sp³-hybridized carbons (Fsp3) is 0.533. The molecule has 11 heteroatoms. The molecule has 1 N–H and O–H groups in total. The van der Waals surface area contributed by atoms with E-state index in [-0.39, 0.29) is 12.6 Å². The van der Waals surface area contributed by atoms with Crippen LogP contribution in [0.25, 0.3) is 0 Å². The smallest absolute Gasteiger partial charge is 0.350 e. The van der Waals surface area contributed by atoms with Crippen LogP contribution in [0.5, 0.6) is 0 Å². The lowest BCUT2D eigenvalue weighted by atomic mass is 10.2.